The first-order chi connectivity index (χ1) is 9.51. The quantitative estimate of drug-likeness (QED) is 0.820. The van der Waals surface area contributed by atoms with E-state index in [1.165, 1.54) is 0 Å². The molecule has 20 heavy (non-hydrogen) atoms. The van der Waals surface area contributed by atoms with Crippen LogP contribution in [0.1, 0.15) is 43.8 Å². The highest BCUT2D eigenvalue weighted by molar-refractivity contribution is 9.11. The van der Waals surface area contributed by atoms with Crippen molar-refractivity contribution in [1.82, 2.24) is 14.8 Å². The summed E-state index contributed by atoms with van der Waals surface area (Å²) in [6.45, 7) is 4.25. The van der Waals surface area contributed by atoms with Crippen molar-refractivity contribution in [3.63, 3.8) is 0 Å². The highest BCUT2D eigenvalue weighted by atomic mass is 79.9. The molecule has 2 rings (SSSR count). The van der Waals surface area contributed by atoms with Crippen LogP contribution in [0.3, 0.4) is 0 Å². The Balaban J connectivity index is 2.11. The average Bonchev–Trinajstić information content (AvgIpc) is 2.86. The molecule has 2 heterocycles. The highest BCUT2D eigenvalue weighted by Crippen LogP contribution is 2.26. The zero-order chi connectivity index (χ0) is 14.7. The summed E-state index contributed by atoms with van der Waals surface area (Å²) in [5, 5.41) is 14.8. The van der Waals surface area contributed by atoms with Crippen molar-refractivity contribution in [2.75, 3.05) is 0 Å². The van der Waals surface area contributed by atoms with Crippen LogP contribution in [0, 0.1) is 0 Å². The molecule has 0 fully saturated rings. The van der Waals surface area contributed by atoms with Gasteiger partial charge in [0.25, 0.3) is 0 Å². The summed E-state index contributed by atoms with van der Waals surface area (Å²) < 4.78 is 3.61. The van der Waals surface area contributed by atoms with Gasteiger partial charge >= 0.3 is 0 Å². The van der Waals surface area contributed by atoms with Crippen LogP contribution in [-0.2, 0) is 6.42 Å². The Hall–Kier alpha value is -0.720. The summed E-state index contributed by atoms with van der Waals surface area (Å²) in [5.41, 5.74) is 1.50. The van der Waals surface area contributed by atoms with Gasteiger partial charge in [0.2, 0.25) is 0 Å². The molecule has 4 nitrogen and oxygen atoms in total. The van der Waals surface area contributed by atoms with Crippen LogP contribution in [0.4, 0.5) is 0 Å². The maximum absolute atomic E-state index is 10.3. The molecule has 6 heteroatoms. The number of hydrogen-bond acceptors (Lipinski definition) is 3. The Kier molecular flexibility index (Phi) is 5.35. The molecule has 0 aliphatic heterocycles. The van der Waals surface area contributed by atoms with Crippen LogP contribution in [0.25, 0.3) is 0 Å². The van der Waals surface area contributed by atoms with E-state index in [9.17, 15) is 5.11 Å². The van der Waals surface area contributed by atoms with E-state index in [0.717, 1.165) is 21.1 Å². The van der Waals surface area contributed by atoms with E-state index in [-0.39, 0.29) is 0 Å². The lowest BCUT2D eigenvalue weighted by molar-refractivity contribution is 0.171. The van der Waals surface area contributed by atoms with Crippen LogP contribution < -0.4 is 0 Å². The molecular weight excluding hydrogens is 386 g/mol. The summed E-state index contributed by atoms with van der Waals surface area (Å²) >= 11 is 6.77. The first kappa shape index (κ1) is 15.7. The fourth-order valence-electron chi connectivity index (χ4n) is 1.88. The zero-order valence-electron chi connectivity index (χ0n) is 11.4. The second-order valence-electron chi connectivity index (χ2n) is 4.78. The number of aliphatic hydroxyl groups is 1. The van der Waals surface area contributed by atoms with E-state index in [4.69, 9.17) is 0 Å². The number of aromatic nitrogens is 3. The number of rotatable bonds is 5. The van der Waals surface area contributed by atoms with Gasteiger partial charge in [-0.1, -0.05) is 6.92 Å². The van der Waals surface area contributed by atoms with Crippen molar-refractivity contribution >= 4 is 31.9 Å². The van der Waals surface area contributed by atoms with Gasteiger partial charge in [-0.2, -0.15) is 5.10 Å². The van der Waals surface area contributed by atoms with Crippen LogP contribution in [0.15, 0.2) is 33.5 Å². The fourth-order valence-corrected chi connectivity index (χ4v) is 3.14. The normalized spacial score (nSPS) is 14.2. The number of nitrogens with zero attached hydrogens (tertiary/aromatic N) is 3. The minimum absolute atomic E-state index is 0.374. The monoisotopic (exact) mass is 401 g/mol. The topological polar surface area (TPSA) is 50.9 Å². The van der Waals surface area contributed by atoms with E-state index in [1.807, 2.05) is 23.0 Å². The second-order valence-corrected chi connectivity index (χ2v) is 6.55. The predicted molar refractivity (Wildman–Crippen MR) is 85.5 cm³/mol. The maximum atomic E-state index is 10.3. The minimum atomic E-state index is -0.669. The van der Waals surface area contributed by atoms with E-state index < -0.39 is 6.10 Å². The Morgan fingerprint density at radius 1 is 1.40 bits per heavy atom. The van der Waals surface area contributed by atoms with Gasteiger partial charge in [0, 0.05) is 33.8 Å². The number of pyridine rings is 1. The molecule has 2 unspecified atom stereocenters. The van der Waals surface area contributed by atoms with Gasteiger partial charge in [0.05, 0.1) is 11.4 Å². The van der Waals surface area contributed by atoms with Crippen LogP contribution >= 0.6 is 31.9 Å². The highest BCUT2D eigenvalue weighted by Gasteiger charge is 2.16. The fraction of sp³-hybridized carbons (Fsp3) is 0.429. The molecule has 2 atom stereocenters. The van der Waals surface area contributed by atoms with E-state index in [1.54, 1.807) is 6.20 Å². The standard InChI is InChI=1S/C14H17Br2N3O/c1-3-9(2)19-5-4-11(18-19)7-13(20)14-12(16)6-10(15)8-17-14/h4-6,8-9,13,20H,3,7H2,1-2H3. The van der Waals surface area contributed by atoms with E-state index in [0.29, 0.717) is 18.2 Å². The molecule has 0 spiro atoms. The molecule has 2 aromatic rings. The van der Waals surface area contributed by atoms with Gasteiger partial charge in [0.15, 0.2) is 0 Å². The van der Waals surface area contributed by atoms with Gasteiger partial charge in [-0.15, -0.1) is 0 Å². The Bertz CT molecular complexity index is 586. The molecule has 0 radical (unpaired) electrons. The minimum Gasteiger partial charge on any atom is -0.386 e. The first-order valence-electron chi connectivity index (χ1n) is 6.54. The molecular formula is C14H17Br2N3O. The lowest BCUT2D eigenvalue weighted by Crippen LogP contribution is -2.08. The summed E-state index contributed by atoms with van der Waals surface area (Å²) in [5.74, 6) is 0. The third kappa shape index (κ3) is 3.68. The molecule has 0 saturated carbocycles. The van der Waals surface area contributed by atoms with Gasteiger partial charge < -0.3 is 5.11 Å². The van der Waals surface area contributed by atoms with E-state index in [2.05, 4.69) is 55.8 Å². The smallest absolute Gasteiger partial charge is 0.103 e. The van der Waals surface area contributed by atoms with Crippen molar-refractivity contribution in [3.05, 3.63) is 44.9 Å². The number of halogens is 2. The SMILES string of the molecule is CCC(C)n1ccc(CC(O)c2ncc(Br)cc2Br)n1. The molecule has 0 aliphatic rings. The van der Waals surface area contributed by atoms with Crippen molar-refractivity contribution in [2.24, 2.45) is 0 Å². The van der Waals surface area contributed by atoms with Gasteiger partial charge in [0.1, 0.15) is 6.10 Å². The Morgan fingerprint density at radius 2 is 2.15 bits per heavy atom. The largest absolute Gasteiger partial charge is 0.386 e. The molecule has 0 bridgehead atoms. The van der Waals surface area contributed by atoms with Gasteiger partial charge in [-0.05, 0) is 57.3 Å². The summed E-state index contributed by atoms with van der Waals surface area (Å²) in [7, 11) is 0. The number of hydrogen-bond donors (Lipinski definition) is 1. The summed E-state index contributed by atoms with van der Waals surface area (Å²) in [6, 6.07) is 4.20. The van der Waals surface area contributed by atoms with Gasteiger partial charge in [-0.3, -0.25) is 9.67 Å². The van der Waals surface area contributed by atoms with Crippen molar-refractivity contribution in [1.29, 1.82) is 0 Å². The van der Waals surface area contributed by atoms with Crippen molar-refractivity contribution in [2.45, 2.75) is 38.8 Å². The molecule has 2 aromatic heterocycles. The van der Waals surface area contributed by atoms with Crippen molar-refractivity contribution in [3.8, 4) is 0 Å². The zero-order valence-corrected chi connectivity index (χ0v) is 14.6. The maximum Gasteiger partial charge on any atom is 0.103 e. The Labute approximate surface area is 135 Å². The Morgan fingerprint density at radius 3 is 2.80 bits per heavy atom. The lowest BCUT2D eigenvalue weighted by Gasteiger charge is -2.11. The molecule has 1 N–H and O–H groups in total. The first-order valence-corrected chi connectivity index (χ1v) is 8.13. The summed E-state index contributed by atoms with van der Waals surface area (Å²) in [4.78, 5) is 4.25. The van der Waals surface area contributed by atoms with Crippen LogP contribution in [-0.4, -0.2) is 19.9 Å². The molecule has 0 aliphatic carbocycles. The van der Waals surface area contributed by atoms with Gasteiger partial charge in [-0.25, -0.2) is 0 Å². The van der Waals surface area contributed by atoms with Crippen molar-refractivity contribution < 1.29 is 5.11 Å². The lowest BCUT2D eigenvalue weighted by atomic mass is 10.1. The van der Waals surface area contributed by atoms with E-state index >= 15 is 0 Å². The number of aliphatic hydroxyl groups excluding tert-OH is 1. The average molecular weight is 403 g/mol. The third-order valence-electron chi connectivity index (χ3n) is 3.26. The molecule has 0 aromatic carbocycles. The van der Waals surface area contributed by atoms with Crippen LogP contribution in [0.2, 0.25) is 0 Å². The molecule has 108 valence electrons. The van der Waals surface area contributed by atoms with Crippen LogP contribution in [0.5, 0.6) is 0 Å². The molecule has 0 saturated heterocycles. The third-order valence-corrected chi connectivity index (χ3v) is 4.33. The summed E-state index contributed by atoms with van der Waals surface area (Å²) in [6.07, 6.45) is 4.46. The predicted octanol–water partition coefficient (Wildman–Crippen LogP) is 4.05. The second kappa shape index (κ2) is 6.83. The molecule has 0 amide bonds.